The van der Waals surface area contributed by atoms with Gasteiger partial charge in [0.2, 0.25) is 0 Å². The van der Waals surface area contributed by atoms with E-state index in [1.54, 1.807) is 4.68 Å². The van der Waals surface area contributed by atoms with Crippen LogP contribution in [0.15, 0.2) is 4.79 Å². The van der Waals surface area contributed by atoms with Crippen LogP contribution in [0.2, 0.25) is 0 Å². The van der Waals surface area contributed by atoms with E-state index >= 15 is 0 Å². The Hall–Kier alpha value is -1.08. The zero-order valence-corrected chi connectivity index (χ0v) is 10.2. The molecule has 0 amide bonds. The molecule has 6 nitrogen and oxygen atoms in total. The molecule has 0 aromatic carbocycles. The highest BCUT2D eigenvalue weighted by atomic mass is 32.2. The van der Waals surface area contributed by atoms with Crippen molar-refractivity contribution in [1.82, 2.24) is 15.1 Å². The fraction of sp³-hybridized carbons (Fsp3) is 0.700. The number of sulfone groups is 1. The van der Waals surface area contributed by atoms with Crippen LogP contribution in [0, 0.1) is 0 Å². The van der Waals surface area contributed by atoms with Crippen LogP contribution in [-0.2, 0) is 21.3 Å². The van der Waals surface area contributed by atoms with Crippen LogP contribution in [0.25, 0.3) is 0 Å². The van der Waals surface area contributed by atoms with Gasteiger partial charge in [-0.3, -0.25) is 14.6 Å². The number of fused-ring (bicyclic) bond motifs is 1. The molecule has 0 bridgehead atoms. The lowest BCUT2D eigenvalue weighted by atomic mass is 10.1. The van der Waals surface area contributed by atoms with Gasteiger partial charge >= 0.3 is 0 Å². The van der Waals surface area contributed by atoms with Gasteiger partial charge < -0.3 is 5.32 Å². The van der Waals surface area contributed by atoms with Crippen molar-refractivity contribution in [3.63, 3.8) is 0 Å². The highest BCUT2D eigenvalue weighted by Crippen LogP contribution is 2.27. The smallest absolute Gasteiger partial charge is 0.268 e. The minimum atomic E-state index is -3.10. The number of nitrogens with zero attached hydrogens (tertiary/aromatic N) is 1. The van der Waals surface area contributed by atoms with Gasteiger partial charge in [-0.05, 0) is 25.9 Å². The first kappa shape index (κ1) is 11.0. The predicted molar refractivity (Wildman–Crippen MR) is 62.5 cm³/mol. The van der Waals surface area contributed by atoms with E-state index in [9.17, 15) is 13.2 Å². The SMILES string of the molecule is O=c1[nH]n(C2CCNCC2)c2c1CS(=O)(=O)C2. The third kappa shape index (κ3) is 1.83. The van der Waals surface area contributed by atoms with Crippen molar-refractivity contribution in [2.45, 2.75) is 30.4 Å². The number of hydrogen-bond donors (Lipinski definition) is 2. The zero-order valence-electron chi connectivity index (χ0n) is 9.40. The largest absolute Gasteiger partial charge is 0.317 e. The van der Waals surface area contributed by atoms with Crippen molar-refractivity contribution < 1.29 is 8.42 Å². The van der Waals surface area contributed by atoms with Gasteiger partial charge in [0.25, 0.3) is 5.56 Å². The second-order valence-corrected chi connectivity index (χ2v) is 6.81. The molecule has 7 heteroatoms. The van der Waals surface area contributed by atoms with E-state index in [4.69, 9.17) is 0 Å². The summed E-state index contributed by atoms with van der Waals surface area (Å²) in [4.78, 5) is 11.7. The van der Waals surface area contributed by atoms with Crippen molar-refractivity contribution >= 4 is 9.84 Å². The summed E-state index contributed by atoms with van der Waals surface area (Å²) in [6.07, 6.45) is 1.86. The van der Waals surface area contributed by atoms with E-state index in [1.165, 1.54) is 0 Å². The van der Waals surface area contributed by atoms with Gasteiger partial charge in [0.1, 0.15) is 0 Å². The standard InChI is InChI=1S/C10H15N3O3S/c14-10-8-5-17(15,16)6-9(8)13(12-10)7-1-3-11-4-2-7/h7,11H,1-6H2,(H,12,14). The molecule has 0 radical (unpaired) electrons. The lowest BCUT2D eigenvalue weighted by Gasteiger charge is -2.24. The van der Waals surface area contributed by atoms with Crippen molar-refractivity contribution in [3.8, 4) is 0 Å². The predicted octanol–water partition coefficient (Wildman–Crippen LogP) is -0.471. The monoisotopic (exact) mass is 257 g/mol. The molecular formula is C10H15N3O3S. The molecule has 1 fully saturated rings. The highest BCUT2D eigenvalue weighted by Gasteiger charge is 2.33. The maximum Gasteiger partial charge on any atom is 0.268 e. The molecule has 1 aromatic rings. The maximum atomic E-state index is 11.7. The molecule has 2 N–H and O–H groups in total. The minimum absolute atomic E-state index is 0.00496. The van der Waals surface area contributed by atoms with E-state index < -0.39 is 9.84 Å². The van der Waals surface area contributed by atoms with E-state index in [0.29, 0.717) is 11.3 Å². The van der Waals surface area contributed by atoms with Crippen LogP contribution in [0.4, 0.5) is 0 Å². The quantitative estimate of drug-likeness (QED) is 0.712. The van der Waals surface area contributed by atoms with Gasteiger partial charge in [0.15, 0.2) is 9.84 Å². The Bertz CT molecular complexity index is 593. The molecule has 2 aliphatic rings. The van der Waals surface area contributed by atoms with Gasteiger partial charge in [-0.2, -0.15) is 0 Å². The van der Waals surface area contributed by atoms with Crippen LogP contribution in [0.1, 0.15) is 30.1 Å². The number of aromatic amines is 1. The molecule has 0 unspecified atom stereocenters. The van der Waals surface area contributed by atoms with Crippen molar-refractivity contribution in [1.29, 1.82) is 0 Å². The van der Waals surface area contributed by atoms with Gasteiger partial charge in [-0.25, -0.2) is 8.42 Å². The number of aromatic nitrogens is 2. The van der Waals surface area contributed by atoms with Gasteiger partial charge in [0, 0.05) is 0 Å². The van der Waals surface area contributed by atoms with Crippen LogP contribution in [-0.4, -0.2) is 31.3 Å². The van der Waals surface area contributed by atoms with Crippen LogP contribution >= 0.6 is 0 Å². The number of rotatable bonds is 1. The van der Waals surface area contributed by atoms with E-state index in [2.05, 4.69) is 10.4 Å². The van der Waals surface area contributed by atoms with Crippen LogP contribution < -0.4 is 10.9 Å². The fourth-order valence-corrected chi connectivity index (χ4v) is 4.25. The number of nitrogens with one attached hydrogen (secondary N) is 2. The molecule has 0 atom stereocenters. The Labute approximate surface area is 98.9 Å². The lowest BCUT2D eigenvalue weighted by molar-refractivity contribution is 0.336. The van der Waals surface area contributed by atoms with Crippen LogP contribution in [0.5, 0.6) is 0 Å². The topological polar surface area (TPSA) is 84.0 Å². The average molecular weight is 257 g/mol. The van der Waals surface area contributed by atoms with Gasteiger partial charge in [0.05, 0.1) is 28.8 Å². The van der Waals surface area contributed by atoms with Crippen molar-refractivity contribution in [2.24, 2.45) is 0 Å². The normalized spacial score (nSPS) is 23.8. The third-order valence-corrected chi connectivity index (χ3v) is 4.97. The van der Waals surface area contributed by atoms with E-state index in [1.807, 2.05) is 0 Å². The Morgan fingerprint density at radius 3 is 2.59 bits per heavy atom. The number of H-pyrrole nitrogens is 1. The van der Waals surface area contributed by atoms with Crippen molar-refractivity contribution in [3.05, 3.63) is 21.6 Å². The summed E-state index contributed by atoms with van der Waals surface area (Å²) in [6.45, 7) is 1.82. The van der Waals surface area contributed by atoms with Gasteiger partial charge in [-0.15, -0.1) is 0 Å². The first-order valence-electron chi connectivity index (χ1n) is 5.80. The number of piperidine rings is 1. The molecular weight excluding hydrogens is 242 g/mol. The molecule has 0 aliphatic carbocycles. The molecule has 1 aromatic heterocycles. The first-order valence-corrected chi connectivity index (χ1v) is 7.62. The third-order valence-electron chi connectivity index (χ3n) is 3.53. The van der Waals surface area contributed by atoms with Crippen LogP contribution in [0.3, 0.4) is 0 Å². The molecule has 94 valence electrons. The Kier molecular flexibility index (Phi) is 2.41. The Balaban J connectivity index is 2.03. The lowest BCUT2D eigenvalue weighted by Crippen LogP contribution is -2.31. The molecule has 0 saturated carbocycles. The van der Waals surface area contributed by atoms with E-state index in [0.717, 1.165) is 25.9 Å². The molecule has 3 rings (SSSR count). The first-order chi connectivity index (χ1) is 8.07. The minimum Gasteiger partial charge on any atom is -0.317 e. The summed E-state index contributed by atoms with van der Waals surface area (Å²) in [6, 6.07) is 0.223. The second kappa shape index (κ2) is 3.71. The number of hydrogen-bond acceptors (Lipinski definition) is 4. The molecule has 3 heterocycles. The molecule has 1 saturated heterocycles. The summed E-state index contributed by atoms with van der Waals surface area (Å²) in [5.41, 5.74) is 0.894. The summed E-state index contributed by atoms with van der Waals surface area (Å²) >= 11 is 0. The fourth-order valence-electron chi connectivity index (χ4n) is 2.68. The zero-order chi connectivity index (χ0) is 12.0. The summed E-state index contributed by atoms with van der Waals surface area (Å²) in [5, 5.41) is 6.04. The highest BCUT2D eigenvalue weighted by molar-refractivity contribution is 7.90. The average Bonchev–Trinajstić information content (AvgIpc) is 2.76. The maximum absolute atomic E-state index is 11.7. The summed E-state index contributed by atoms with van der Waals surface area (Å²) in [7, 11) is -3.10. The molecule has 17 heavy (non-hydrogen) atoms. The molecule has 2 aliphatic heterocycles. The van der Waals surface area contributed by atoms with Gasteiger partial charge in [-0.1, -0.05) is 0 Å². The van der Waals surface area contributed by atoms with E-state index in [-0.39, 0.29) is 23.1 Å². The van der Waals surface area contributed by atoms with Crippen molar-refractivity contribution in [2.75, 3.05) is 13.1 Å². The molecule has 0 spiro atoms. The summed E-state index contributed by atoms with van der Waals surface area (Å²) < 4.78 is 24.9. The second-order valence-electron chi connectivity index (χ2n) is 4.75. The summed E-state index contributed by atoms with van der Waals surface area (Å²) in [5.74, 6) is -0.0966. The Morgan fingerprint density at radius 1 is 1.18 bits per heavy atom. The Morgan fingerprint density at radius 2 is 1.88 bits per heavy atom.